The van der Waals surface area contributed by atoms with E-state index in [4.69, 9.17) is 1.37 Å². The summed E-state index contributed by atoms with van der Waals surface area (Å²) >= 11 is 0. The van der Waals surface area contributed by atoms with Gasteiger partial charge in [-0.25, -0.2) is 0 Å². The lowest BCUT2D eigenvalue weighted by molar-refractivity contribution is -0.140. The Morgan fingerprint density at radius 2 is 1.80 bits per heavy atom. The van der Waals surface area contributed by atoms with Gasteiger partial charge in [-0.05, 0) is 112 Å². The van der Waals surface area contributed by atoms with Crippen LogP contribution < -0.4 is 0 Å². The first-order valence-electron chi connectivity index (χ1n) is 14.8. The van der Waals surface area contributed by atoms with Gasteiger partial charge in [-0.2, -0.15) is 0 Å². The first kappa shape index (κ1) is 13.9. The van der Waals surface area contributed by atoms with Crippen molar-refractivity contribution in [2.75, 3.05) is 19.6 Å². The van der Waals surface area contributed by atoms with E-state index in [-0.39, 0.29) is 23.1 Å². The molecule has 5 aliphatic rings. The predicted molar refractivity (Wildman–Crippen MR) is 123 cm³/mol. The zero-order chi connectivity index (χ0) is 28.1. The summed E-state index contributed by atoms with van der Waals surface area (Å²) in [7, 11) is 0. The number of amides is 1. The highest BCUT2D eigenvalue weighted by Gasteiger charge is 2.61. The molecule has 4 heterocycles. The number of nitrogens with zero attached hydrogens (tertiary/aromatic N) is 2. The van der Waals surface area contributed by atoms with Gasteiger partial charge in [0.05, 0.1) is 9.65 Å². The molecule has 3 atom stereocenters. The smallest absolute Gasteiger partial charge is 0.254 e. The molecule has 3 saturated heterocycles. The molecule has 1 aliphatic carbocycles. The molecule has 1 amide bonds. The van der Waals surface area contributed by atoms with Gasteiger partial charge in [-0.1, -0.05) is 20.8 Å². The summed E-state index contributed by atoms with van der Waals surface area (Å²) in [6.45, 7) is 13.3. The van der Waals surface area contributed by atoms with Crippen molar-refractivity contribution in [3.63, 3.8) is 0 Å². The maximum absolute atomic E-state index is 14.6. The summed E-state index contributed by atoms with van der Waals surface area (Å²) in [4.78, 5) is 18.1. The summed E-state index contributed by atoms with van der Waals surface area (Å²) in [5, 5.41) is 0. The van der Waals surface area contributed by atoms with Crippen molar-refractivity contribution in [1.82, 2.24) is 9.80 Å². The van der Waals surface area contributed by atoms with E-state index < -0.39 is 47.1 Å². The Morgan fingerprint density at radius 1 is 1.17 bits per heavy atom. The van der Waals surface area contributed by atoms with Gasteiger partial charge in [0, 0.05) is 29.0 Å². The minimum absolute atomic E-state index is 0.0331. The van der Waals surface area contributed by atoms with E-state index in [2.05, 4.69) is 4.90 Å². The molecule has 1 aromatic rings. The van der Waals surface area contributed by atoms with E-state index >= 15 is 0 Å². The van der Waals surface area contributed by atoms with Gasteiger partial charge in [-0.3, -0.25) is 9.69 Å². The first-order valence-corrected chi connectivity index (χ1v) is 11.3. The molecule has 3 fully saturated rings. The summed E-state index contributed by atoms with van der Waals surface area (Å²) in [5.74, 6) is -5.20. The minimum atomic E-state index is -2.78. The second-order valence-electron chi connectivity index (χ2n) is 11.0. The number of carbonyl (C=O) groups is 1. The van der Waals surface area contributed by atoms with Crippen LogP contribution in [0.5, 0.6) is 0 Å². The molecule has 0 radical (unpaired) electrons. The van der Waals surface area contributed by atoms with Crippen LogP contribution in [0.3, 0.4) is 0 Å². The van der Waals surface area contributed by atoms with Crippen LogP contribution in [0.25, 0.3) is 0 Å². The second-order valence-corrected chi connectivity index (χ2v) is 11.0. The van der Waals surface area contributed by atoms with E-state index in [1.165, 1.54) is 6.92 Å². The van der Waals surface area contributed by atoms with Gasteiger partial charge >= 0.3 is 0 Å². The van der Waals surface area contributed by atoms with Crippen molar-refractivity contribution in [3.8, 4) is 0 Å². The van der Waals surface area contributed by atoms with Gasteiger partial charge in [0.15, 0.2) is 0 Å². The fraction of sp³-hybridized carbons (Fsp3) is 0.741. The van der Waals surface area contributed by atoms with Gasteiger partial charge in [-0.15, -0.1) is 0 Å². The number of benzene rings is 1. The molecule has 0 aromatic heterocycles. The van der Waals surface area contributed by atoms with Crippen molar-refractivity contribution in [3.05, 3.63) is 33.9 Å². The van der Waals surface area contributed by atoms with E-state index in [0.29, 0.717) is 16.7 Å². The number of carbonyl (C=O) groups excluding carboxylic acids is 1. The minimum Gasteiger partial charge on any atom is -0.331 e. The van der Waals surface area contributed by atoms with E-state index in [0.717, 1.165) is 30.8 Å². The van der Waals surface area contributed by atoms with Crippen LogP contribution in [0.2, 0.25) is 0 Å². The monoisotopic (exact) mass is 415 g/mol. The molecule has 3 heteroatoms. The highest BCUT2D eigenvalue weighted by molar-refractivity contribution is 5.99. The van der Waals surface area contributed by atoms with Crippen LogP contribution in [0.1, 0.15) is 109 Å². The van der Waals surface area contributed by atoms with Crippen molar-refractivity contribution >= 4 is 5.91 Å². The van der Waals surface area contributed by atoms with Crippen LogP contribution in [0.4, 0.5) is 0 Å². The third kappa shape index (κ3) is 2.28. The molecule has 164 valence electrons. The third-order valence-electron chi connectivity index (χ3n) is 9.30. The molecule has 2 bridgehead atoms. The molecule has 4 aliphatic heterocycles. The van der Waals surface area contributed by atoms with E-state index in [1.807, 2.05) is 20.8 Å². The molecule has 30 heavy (non-hydrogen) atoms. The fourth-order valence-electron chi connectivity index (χ4n) is 6.59. The number of piperidine rings is 3. The quantitative estimate of drug-likeness (QED) is 0.611. The van der Waals surface area contributed by atoms with Crippen LogP contribution in [0, 0.1) is 25.7 Å². The largest absolute Gasteiger partial charge is 0.331 e. The number of hydrogen-bond donors (Lipinski definition) is 0. The average molecular weight is 416 g/mol. The SMILES string of the molecule is [2H]c1c(C)c(C)c2c3c1C(=O)N([C@@]1(C)C4CCN(CC4)C1(C)C)C([2H])([2H])[C@@]3([2H])C([2H])([2H])C([2H])(C)C2(C)C. The van der Waals surface area contributed by atoms with Gasteiger partial charge in [0.25, 0.3) is 5.91 Å². The van der Waals surface area contributed by atoms with Gasteiger partial charge in [0.2, 0.25) is 0 Å². The summed E-state index contributed by atoms with van der Waals surface area (Å²) in [6.07, 6.45) is -1.14. The lowest BCUT2D eigenvalue weighted by Crippen LogP contribution is -2.77. The predicted octanol–water partition coefficient (Wildman–Crippen LogP) is 5.42. The lowest BCUT2D eigenvalue weighted by atomic mass is 9.57. The lowest BCUT2D eigenvalue weighted by Gasteiger charge is -2.67. The number of rotatable bonds is 1. The third-order valence-corrected chi connectivity index (χ3v) is 9.30. The Kier molecular flexibility index (Phi) is 2.84. The molecule has 0 N–H and O–H groups in total. The molecular weight excluding hydrogens is 368 g/mol. The maximum atomic E-state index is 14.6. The summed E-state index contributed by atoms with van der Waals surface area (Å²) < 4.78 is 66.1. The Bertz CT molecular complexity index is 1230. The highest BCUT2D eigenvalue weighted by Crippen LogP contribution is 2.55. The van der Waals surface area contributed by atoms with Crippen molar-refractivity contribution in [2.24, 2.45) is 11.8 Å². The standard InChI is InChI=1S/C27H40N2O/c1-16-13-21-22-19(14-17(2)25(4,5)23(22)18(16)3)15-29(24(21)30)27(8)20-9-11-28(12-10-20)26(27,6)7/h13,17,19-20H,9-12,14-15H2,1-8H3/t17?,19-,27+/m1/s1/i13D,14D2,15D2,17D,19D. The van der Waals surface area contributed by atoms with Crippen molar-refractivity contribution in [1.29, 1.82) is 0 Å². The Hall–Kier alpha value is -1.35. The average Bonchev–Trinajstić information content (AvgIpc) is 2.78. The summed E-state index contributed by atoms with van der Waals surface area (Å²) in [6, 6.07) is -0.0683. The Balaban J connectivity index is 1.97. The Labute approximate surface area is 193 Å². The van der Waals surface area contributed by atoms with E-state index in [1.54, 1.807) is 27.7 Å². The zero-order valence-corrected chi connectivity index (χ0v) is 19.7. The van der Waals surface area contributed by atoms with Crippen molar-refractivity contribution < 1.29 is 14.4 Å². The number of fused-ring (bicyclic) bond motifs is 3. The van der Waals surface area contributed by atoms with Crippen LogP contribution in [0.15, 0.2) is 6.04 Å². The normalized spacial score (nSPS) is 50.2. The highest BCUT2D eigenvalue weighted by atomic mass is 16.2. The second kappa shape index (κ2) is 6.12. The fourth-order valence-corrected chi connectivity index (χ4v) is 6.59. The van der Waals surface area contributed by atoms with Gasteiger partial charge < -0.3 is 4.90 Å². The van der Waals surface area contributed by atoms with Crippen LogP contribution in [-0.4, -0.2) is 46.4 Å². The molecular formula is C27H40N2O. The number of hydrogen-bond acceptors (Lipinski definition) is 2. The van der Waals surface area contributed by atoms with Gasteiger partial charge in [0.1, 0.15) is 0 Å². The van der Waals surface area contributed by atoms with Crippen LogP contribution in [-0.2, 0) is 5.41 Å². The van der Waals surface area contributed by atoms with Crippen LogP contribution >= 0.6 is 0 Å². The molecule has 3 nitrogen and oxygen atoms in total. The molecule has 6 rings (SSSR count). The molecule has 1 unspecified atom stereocenters. The van der Waals surface area contributed by atoms with E-state index in [9.17, 15) is 13.0 Å². The topological polar surface area (TPSA) is 23.6 Å². The first-order chi connectivity index (χ1) is 16.6. The Morgan fingerprint density at radius 3 is 2.40 bits per heavy atom. The maximum Gasteiger partial charge on any atom is 0.254 e. The molecule has 0 saturated carbocycles. The van der Waals surface area contributed by atoms with Crippen molar-refractivity contribution in [2.45, 2.75) is 97.0 Å². The summed E-state index contributed by atoms with van der Waals surface area (Å²) in [5.41, 5.74) is -1.29. The molecule has 1 aromatic carbocycles. The molecule has 0 spiro atoms. The zero-order valence-electron chi connectivity index (χ0n) is 26.7.